The van der Waals surface area contributed by atoms with E-state index in [9.17, 15) is 4.79 Å². The third-order valence-electron chi connectivity index (χ3n) is 2.75. The van der Waals surface area contributed by atoms with Gasteiger partial charge in [-0.05, 0) is 35.9 Å². The molecule has 0 saturated carbocycles. The number of anilines is 1. The van der Waals surface area contributed by atoms with E-state index in [1.807, 2.05) is 6.07 Å². The lowest BCUT2D eigenvalue weighted by Crippen LogP contribution is -2.13. The number of hydrogen-bond donors (Lipinski definition) is 1. The van der Waals surface area contributed by atoms with Crippen molar-refractivity contribution in [2.45, 2.75) is 0 Å². The summed E-state index contributed by atoms with van der Waals surface area (Å²) in [6, 6.07) is 13.4. The molecule has 0 fully saturated rings. The van der Waals surface area contributed by atoms with Gasteiger partial charge in [0.05, 0.1) is 10.7 Å². The molecule has 0 aliphatic heterocycles. The highest BCUT2D eigenvalue weighted by Gasteiger charge is 2.12. The van der Waals surface area contributed by atoms with E-state index in [0.717, 1.165) is 0 Å². The average molecular weight is 352 g/mol. The summed E-state index contributed by atoms with van der Waals surface area (Å²) in [5.41, 5.74) is 0.816. The first-order chi connectivity index (χ1) is 10.5. The van der Waals surface area contributed by atoms with Gasteiger partial charge in [-0.2, -0.15) is 5.26 Å². The SMILES string of the molecule is N#CC(=Cc1ccccc1Cl)C(=O)Nc1cc(Cl)ccc1Cl. The summed E-state index contributed by atoms with van der Waals surface area (Å²) >= 11 is 17.8. The van der Waals surface area contributed by atoms with Crippen LogP contribution in [0.3, 0.4) is 0 Å². The molecule has 0 radical (unpaired) electrons. The van der Waals surface area contributed by atoms with Gasteiger partial charge >= 0.3 is 0 Å². The van der Waals surface area contributed by atoms with Crippen molar-refractivity contribution in [1.29, 1.82) is 5.26 Å². The highest BCUT2D eigenvalue weighted by molar-refractivity contribution is 6.36. The van der Waals surface area contributed by atoms with Crippen molar-refractivity contribution < 1.29 is 4.79 Å². The third-order valence-corrected chi connectivity index (χ3v) is 3.66. The van der Waals surface area contributed by atoms with Crippen molar-refractivity contribution in [3.63, 3.8) is 0 Å². The first-order valence-corrected chi connectivity index (χ1v) is 7.27. The molecule has 2 rings (SSSR count). The van der Waals surface area contributed by atoms with Crippen LogP contribution in [-0.2, 0) is 4.79 Å². The molecule has 2 aromatic carbocycles. The quantitative estimate of drug-likeness (QED) is 0.611. The Morgan fingerprint density at radius 1 is 1.09 bits per heavy atom. The predicted molar refractivity (Wildman–Crippen MR) is 90.1 cm³/mol. The van der Waals surface area contributed by atoms with E-state index in [1.54, 1.807) is 36.4 Å². The molecule has 110 valence electrons. The van der Waals surface area contributed by atoms with Gasteiger partial charge in [-0.3, -0.25) is 4.79 Å². The summed E-state index contributed by atoms with van der Waals surface area (Å²) in [6.45, 7) is 0. The predicted octanol–water partition coefficient (Wildman–Crippen LogP) is 5.19. The second-order valence-electron chi connectivity index (χ2n) is 4.27. The summed E-state index contributed by atoms with van der Waals surface area (Å²) in [7, 11) is 0. The van der Waals surface area contributed by atoms with E-state index in [4.69, 9.17) is 40.1 Å². The number of carbonyl (C=O) groups excluding carboxylic acids is 1. The summed E-state index contributed by atoms with van der Waals surface area (Å²) in [5.74, 6) is -0.591. The topological polar surface area (TPSA) is 52.9 Å². The number of benzene rings is 2. The van der Waals surface area contributed by atoms with Gasteiger partial charge < -0.3 is 5.32 Å². The molecular weight excluding hydrogens is 343 g/mol. The first-order valence-electron chi connectivity index (χ1n) is 6.14. The van der Waals surface area contributed by atoms with Crippen LogP contribution in [-0.4, -0.2) is 5.91 Å². The summed E-state index contributed by atoms with van der Waals surface area (Å²) < 4.78 is 0. The van der Waals surface area contributed by atoms with Crippen LogP contribution < -0.4 is 5.32 Å². The number of nitrogens with one attached hydrogen (secondary N) is 1. The minimum Gasteiger partial charge on any atom is -0.320 e. The van der Waals surface area contributed by atoms with E-state index in [1.165, 1.54) is 12.1 Å². The molecule has 0 aliphatic rings. The second-order valence-corrected chi connectivity index (χ2v) is 5.52. The smallest absolute Gasteiger partial charge is 0.266 e. The fourth-order valence-corrected chi connectivity index (χ4v) is 2.21. The van der Waals surface area contributed by atoms with E-state index in [0.29, 0.717) is 26.3 Å². The lowest BCUT2D eigenvalue weighted by Gasteiger charge is -2.07. The van der Waals surface area contributed by atoms with E-state index in [-0.39, 0.29) is 5.57 Å². The standard InChI is InChI=1S/C16H9Cl3N2O/c17-12-5-6-14(19)15(8-12)21-16(22)11(9-20)7-10-3-1-2-4-13(10)18/h1-8H,(H,21,22). The number of nitriles is 1. The van der Waals surface area contributed by atoms with Gasteiger partial charge in [0, 0.05) is 10.0 Å². The van der Waals surface area contributed by atoms with Crippen LogP contribution in [0.1, 0.15) is 5.56 Å². The van der Waals surface area contributed by atoms with Crippen LogP contribution >= 0.6 is 34.8 Å². The Morgan fingerprint density at radius 3 is 2.50 bits per heavy atom. The Bertz CT molecular complexity index is 794. The van der Waals surface area contributed by atoms with Gasteiger partial charge in [-0.15, -0.1) is 0 Å². The summed E-state index contributed by atoms with van der Waals surface area (Å²) in [6.07, 6.45) is 1.41. The zero-order chi connectivity index (χ0) is 16.1. The van der Waals surface area contributed by atoms with E-state index in [2.05, 4.69) is 5.32 Å². The Kier molecular flexibility index (Phi) is 5.46. The minimum atomic E-state index is -0.591. The molecule has 0 saturated heterocycles. The normalized spacial score (nSPS) is 10.9. The molecule has 22 heavy (non-hydrogen) atoms. The maximum absolute atomic E-state index is 12.2. The van der Waals surface area contributed by atoms with Crippen LogP contribution in [0, 0.1) is 11.3 Å². The second kappa shape index (κ2) is 7.33. The molecule has 0 bridgehead atoms. The minimum absolute atomic E-state index is 0.0934. The molecule has 6 heteroatoms. The zero-order valence-corrected chi connectivity index (χ0v) is 13.4. The highest BCUT2D eigenvalue weighted by atomic mass is 35.5. The first kappa shape index (κ1) is 16.4. The maximum Gasteiger partial charge on any atom is 0.266 e. The summed E-state index contributed by atoms with van der Waals surface area (Å²) in [4.78, 5) is 12.2. The van der Waals surface area contributed by atoms with Crippen LogP contribution in [0.25, 0.3) is 6.08 Å². The maximum atomic E-state index is 12.2. The number of carbonyl (C=O) groups is 1. The number of halogens is 3. The number of nitrogens with zero attached hydrogens (tertiary/aromatic N) is 1. The zero-order valence-electron chi connectivity index (χ0n) is 11.1. The molecule has 0 atom stereocenters. The highest BCUT2D eigenvalue weighted by Crippen LogP contribution is 2.26. The van der Waals surface area contributed by atoms with Crippen LogP contribution in [0.5, 0.6) is 0 Å². The van der Waals surface area contributed by atoms with Crippen molar-refractivity contribution in [1.82, 2.24) is 0 Å². The molecule has 3 nitrogen and oxygen atoms in total. The molecule has 0 aliphatic carbocycles. The van der Waals surface area contributed by atoms with Crippen molar-refractivity contribution in [2.75, 3.05) is 5.32 Å². The van der Waals surface area contributed by atoms with Crippen LogP contribution in [0.4, 0.5) is 5.69 Å². The molecule has 0 heterocycles. The van der Waals surface area contributed by atoms with Gasteiger partial charge in [-0.1, -0.05) is 53.0 Å². The molecule has 0 unspecified atom stereocenters. The fraction of sp³-hybridized carbons (Fsp3) is 0. The largest absolute Gasteiger partial charge is 0.320 e. The van der Waals surface area contributed by atoms with Crippen LogP contribution in [0.15, 0.2) is 48.0 Å². The Hall–Kier alpha value is -1.99. The average Bonchev–Trinajstić information content (AvgIpc) is 2.50. The molecule has 0 aromatic heterocycles. The molecule has 0 spiro atoms. The van der Waals surface area contributed by atoms with Gasteiger partial charge in [0.1, 0.15) is 11.6 Å². The van der Waals surface area contributed by atoms with Gasteiger partial charge in [0.2, 0.25) is 0 Å². The number of hydrogen-bond acceptors (Lipinski definition) is 2. The van der Waals surface area contributed by atoms with Crippen molar-refractivity contribution >= 4 is 52.5 Å². The monoisotopic (exact) mass is 350 g/mol. The van der Waals surface area contributed by atoms with Gasteiger partial charge in [-0.25, -0.2) is 0 Å². The lowest BCUT2D eigenvalue weighted by atomic mass is 10.1. The van der Waals surface area contributed by atoms with E-state index >= 15 is 0 Å². The Balaban J connectivity index is 2.29. The number of amides is 1. The fourth-order valence-electron chi connectivity index (χ4n) is 1.68. The van der Waals surface area contributed by atoms with E-state index < -0.39 is 5.91 Å². The van der Waals surface area contributed by atoms with Crippen LogP contribution in [0.2, 0.25) is 15.1 Å². The summed E-state index contributed by atoms with van der Waals surface area (Å²) in [5, 5.41) is 12.9. The number of rotatable bonds is 3. The molecule has 1 N–H and O–H groups in total. The molecular formula is C16H9Cl3N2O. The van der Waals surface area contributed by atoms with Gasteiger partial charge in [0.25, 0.3) is 5.91 Å². The van der Waals surface area contributed by atoms with Crippen molar-refractivity contribution in [3.8, 4) is 6.07 Å². The van der Waals surface area contributed by atoms with Gasteiger partial charge in [0.15, 0.2) is 0 Å². The third kappa shape index (κ3) is 4.02. The lowest BCUT2D eigenvalue weighted by molar-refractivity contribution is -0.112. The Labute approximate surface area is 142 Å². The molecule has 2 aromatic rings. The Morgan fingerprint density at radius 2 is 1.82 bits per heavy atom. The van der Waals surface area contributed by atoms with Crippen molar-refractivity contribution in [3.05, 3.63) is 68.7 Å². The van der Waals surface area contributed by atoms with Crippen molar-refractivity contribution in [2.24, 2.45) is 0 Å². The molecule has 1 amide bonds.